The molecule has 0 amide bonds. The molecule has 0 N–H and O–H groups in total. The number of fused-ring (bicyclic) bond motifs is 1. The number of rotatable bonds is 1. The molecule has 0 aliphatic carbocycles. The fraction of sp³-hybridized carbons (Fsp3) is 0. The molecule has 0 atom stereocenters. The predicted octanol–water partition coefficient (Wildman–Crippen LogP) is 1.54. The SMILES string of the molecule is O=[N+]([O-])c1cnc2ccncc2c1. The molecule has 2 aromatic rings. The van der Waals surface area contributed by atoms with Crippen molar-refractivity contribution < 1.29 is 4.92 Å². The summed E-state index contributed by atoms with van der Waals surface area (Å²) in [6.07, 6.45) is 4.39. The van der Waals surface area contributed by atoms with E-state index in [0.29, 0.717) is 10.9 Å². The third-order valence-corrected chi connectivity index (χ3v) is 1.68. The van der Waals surface area contributed by atoms with Gasteiger partial charge in [-0.25, -0.2) is 4.98 Å². The van der Waals surface area contributed by atoms with Gasteiger partial charge < -0.3 is 0 Å². The van der Waals surface area contributed by atoms with Gasteiger partial charge >= 0.3 is 0 Å². The Labute approximate surface area is 73.2 Å². The zero-order valence-corrected chi connectivity index (χ0v) is 6.54. The Bertz CT molecular complexity index is 470. The molecule has 0 saturated heterocycles. The fourth-order valence-corrected chi connectivity index (χ4v) is 1.06. The highest BCUT2D eigenvalue weighted by Crippen LogP contribution is 2.16. The molecule has 2 aromatic heterocycles. The summed E-state index contributed by atoms with van der Waals surface area (Å²) in [5, 5.41) is 11.1. The molecule has 5 nitrogen and oxygen atoms in total. The summed E-state index contributed by atoms with van der Waals surface area (Å²) in [6.45, 7) is 0. The summed E-state index contributed by atoms with van der Waals surface area (Å²) < 4.78 is 0. The van der Waals surface area contributed by atoms with Gasteiger partial charge in [-0.15, -0.1) is 0 Å². The summed E-state index contributed by atoms with van der Waals surface area (Å²) in [5.74, 6) is 0. The van der Waals surface area contributed by atoms with Gasteiger partial charge in [0.15, 0.2) is 0 Å². The molecule has 0 aromatic carbocycles. The molecule has 0 spiro atoms. The van der Waals surface area contributed by atoms with Crippen LogP contribution in [0.5, 0.6) is 0 Å². The van der Waals surface area contributed by atoms with E-state index in [0.717, 1.165) is 0 Å². The van der Waals surface area contributed by atoms with E-state index in [-0.39, 0.29) is 5.69 Å². The van der Waals surface area contributed by atoms with Crippen molar-refractivity contribution in [1.29, 1.82) is 0 Å². The highest BCUT2D eigenvalue weighted by molar-refractivity contribution is 5.79. The van der Waals surface area contributed by atoms with Crippen molar-refractivity contribution in [2.75, 3.05) is 0 Å². The van der Waals surface area contributed by atoms with Crippen LogP contribution < -0.4 is 0 Å². The maximum atomic E-state index is 10.4. The second-order valence-electron chi connectivity index (χ2n) is 2.52. The van der Waals surface area contributed by atoms with Crippen molar-refractivity contribution in [3.8, 4) is 0 Å². The molecule has 5 heteroatoms. The third kappa shape index (κ3) is 1.31. The van der Waals surface area contributed by atoms with E-state index >= 15 is 0 Å². The van der Waals surface area contributed by atoms with Gasteiger partial charge in [-0.2, -0.15) is 0 Å². The van der Waals surface area contributed by atoms with Gasteiger partial charge in [0.05, 0.1) is 10.4 Å². The van der Waals surface area contributed by atoms with Crippen LogP contribution in [0.4, 0.5) is 5.69 Å². The first-order valence-corrected chi connectivity index (χ1v) is 3.61. The lowest BCUT2D eigenvalue weighted by Crippen LogP contribution is -1.89. The van der Waals surface area contributed by atoms with Gasteiger partial charge in [0, 0.05) is 23.8 Å². The summed E-state index contributed by atoms with van der Waals surface area (Å²) in [5.41, 5.74) is 0.695. The second-order valence-corrected chi connectivity index (χ2v) is 2.52. The molecule has 0 aliphatic heterocycles. The van der Waals surface area contributed by atoms with E-state index < -0.39 is 4.92 Å². The van der Waals surface area contributed by atoms with Crippen LogP contribution >= 0.6 is 0 Å². The molecule has 2 heterocycles. The third-order valence-electron chi connectivity index (χ3n) is 1.68. The number of nitrogens with zero attached hydrogens (tertiary/aromatic N) is 3. The minimum Gasteiger partial charge on any atom is -0.264 e. The fourth-order valence-electron chi connectivity index (χ4n) is 1.06. The quantitative estimate of drug-likeness (QED) is 0.487. The number of pyridine rings is 2. The number of nitro groups is 1. The molecule has 0 unspecified atom stereocenters. The van der Waals surface area contributed by atoms with Gasteiger partial charge in [0.1, 0.15) is 6.20 Å². The minimum atomic E-state index is -0.473. The molecule has 64 valence electrons. The normalized spacial score (nSPS) is 10.2. The van der Waals surface area contributed by atoms with Gasteiger partial charge in [-0.05, 0) is 6.07 Å². The van der Waals surface area contributed by atoms with Gasteiger partial charge in [-0.3, -0.25) is 15.1 Å². The topological polar surface area (TPSA) is 68.9 Å². The Morgan fingerprint density at radius 1 is 1.38 bits per heavy atom. The summed E-state index contributed by atoms with van der Waals surface area (Å²) >= 11 is 0. The average Bonchev–Trinajstić information content (AvgIpc) is 2.17. The van der Waals surface area contributed by atoms with Crippen LogP contribution in [0.1, 0.15) is 0 Å². The van der Waals surface area contributed by atoms with E-state index in [1.165, 1.54) is 12.3 Å². The molecule has 0 saturated carbocycles. The highest BCUT2D eigenvalue weighted by atomic mass is 16.6. The monoisotopic (exact) mass is 175 g/mol. The van der Waals surface area contributed by atoms with Crippen LogP contribution in [0.3, 0.4) is 0 Å². The molecular weight excluding hydrogens is 170 g/mol. The number of hydrogen-bond donors (Lipinski definition) is 0. The number of hydrogen-bond acceptors (Lipinski definition) is 4. The first-order chi connectivity index (χ1) is 6.27. The van der Waals surface area contributed by atoms with Crippen molar-refractivity contribution >= 4 is 16.6 Å². The molecule has 0 radical (unpaired) electrons. The Morgan fingerprint density at radius 3 is 3.00 bits per heavy atom. The predicted molar refractivity (Wildman–Crippen MR) is 46.2 cm³/mol. The van der Waals surface area contributed by atoms with Crippen LogP contribution in [0.2, 0.25) is 0 Å². The van der Waals surface area contributed by atoms with Crippen molar-refractivity contribution in [3.05, 3.63) is 40.8 Å². The van der Waals surface area contributed by atoms with E-state index in [1.807, 2.05) is 0 Å². The summed E-state index contributed by atoms with van der Waals surface area (Å²) in [7, 11) is 0. The first-order valence-electron chi connectivity index (χ1n) is 3.61. The van der Waals surface area contributed by atoms with Crippen molar-refractivity contribution in [3.63, 3.8) is 0 Å². The lowest BCUT2D eigenvalue weighted by molar-refractivity contribution is -0.385. The van der Waals surface area contributed by atoms with Crippen molar-refractivity contribution in [2.45, 2.75) is 0 Å². The molecule has 2 rings (SSSR count). The van der Waals surface area contributed by atoms with Gasteiger partial charge in [0.2, 0.25) is 0 Å². The largest absolute Gasteiger partial charge is 0.288 e. The van der Waals surface area contributed by atoms with Crippen LogP contribution in [-0.4, -0.2) is 14.9 Å². The van der Waals surface area contributed by atoms with Gasteiger partial charge in [-0.1, -0.05) is 0 Å². The number of aromatic nitrogens is 2. The standard InChI is InChI=1S/C8H5N3O2/c12-11(13)7-3-6-4-9-2-1-8(6)10-5-7/h1-5H. The maximum absolute atomic E-state index is 10.4. The van der Waals surface area contributed by atoms with Crippen molar-refractivity contribution in [1.82, 2.24) is 9.97 Å². The highest BCUT2D eigenvalue weighted by Gasteiger charge is 2.05. The van der Waals surface area contributed by atoms with Crippen LogP contribution in [0.15, 0.2) is 30.7 Å². The van der Waals surface area contributed by atoms with E-state index in [9.17, 15) is 10.1 Å². The minimum absolute atomic E-state index is 0.0134. The van der Waals surface area contributed by atoms with Crippen LogP contribution in [-0.2, 0) is 0 Å². The maximum Gasteiger partial charge on any atom is 0.288 e. The van der Waals surface area contributed by atoms with Crippen LogP contribution in [0.25, 0.3) is 10.9 Å². The Kier molecular flexibility index (Phi) is 1.63. The Morgan fingerprint density at radius 2 is 2.23 bits per heavy atom. The van der Waals surface area contributed by atoms with E-state index in [1.54, 1.807) is 18.5 Å². The zero-order chi connectivity index (χ0) is 9.26. The average molecular weight is 175 g/mol. The van der Waals surface area contributed by atoms with Gasteiger partial charge in [0.25, 0.3) is 5.69 Å². The Balaban J connectivity index is 2.69. The Hall–Kier alpha value is -2.04. The summed E-state index contributed by atoms with van der Waals surface area (Å²) in [6, 6.07) is 3.16. The smallest absolute Gasteiger partial charge is 0.264 e. The molecule has 13 heavy (non-hydrogen) atoms. The van der Waals surface area contributed by atoms with E-state index in [2.05, 4.69) is 9.97 Å². The lowest BCUT2D eigenvalue weighted by atomic mass is 10.2. The summed E-state index contributed by atoms with van der Waals surface area (Å²) in [4.78, 5) is 17.7. The molecule has 0 bridgehead atoms. The molecule has 0 fully saturated rings. The zero-order valence-electron chi connectivity index (χ0n) is 6.54. The van der Waals surface area contributed by atoms with Crippen molar-refractivity contribution in [2.24, 2.45) is 0 Å². The first kappa shape index (κ1) is 7.60. The van der Waals surface area contributed by atoms with Crippen LogP contribution in [0, 0.1) is 10.1 Å². The molecule has 0 aliphatic rings. The van der Waals surface area contributed by atoms with E-state index in [4.69, 9.17) is 0 Å². The molecular formula is C8H5N3O2. The second kappa shape index (κ2) is 2.78. The lowest BCUT2D eigenvalue weighted by Gasteiger charge is -1.94.